The third-order valence-electron chi connectivity index (χ3n) is 3.79. The number of hydrogen-bond acceptors (Lipinski definition) is 5. The van der Waals surface area contributed by atoms with Crippen LogP contribution in [0.5, 0.6) is 5.75 Å². The Hall–Kier alpha value is -3.14. The van der Waals surface area contributed by atoms with Crippen molar-refractivity contribution in [3.05, 3.63) is 64.5 Å². The lowest BCUT2D eigenvalue weighted by atomic mass is 10.3. The second kappa shape index (κ2) is 7.23. The van der Waals surface area contributed by atoms with E-state index in [4.69, 9.17) is 4.74 Å². The Morgan fingerprint density at radius 1 is 1.19 bits per heavy atom. The first kappa shape index (κ1) is 18.6. The first-order valence-corrected chi connectivity index (χ1v) is 7.83. The van der Waals surface area contributed by atoms with Gasteiger partial charge in [0.1, 0.15) is 18.5 Å². The van der Waals surface area contributed by atoms with Crippen molar-refractivity contribution >= 4 is 16.7 Å². The monoisotopic (exact) mass is 381 g/mol. The number of hydrogen-bond donors (Lipinski definition) is 1. The van der Waals surface area contributed by atoms with Crippen molar-refractivity contribution in [2.24, 2.45) is 0 Å². The Labute approximate surface area is 150 Å². The lowest BCUT2D eigenvalue weighted by molar-refractivity contribution is -0.384. The maximum Gasteiger partial charge on any atom is 0.449 e. The van der Waals surface area contributed by atoms with Gasteiger partial charge in [-0.3, -0.25) is 10.1 Å². The Morgan fingerprint density at radius 3 is 2.48 bits per heavy atom. The molecular formula is C17H14F3N3O4. The van der Waals surface area contributed by atoms with Gasteiger partial charge in [0.25, 0.3) is 5.69 Å². The zero-order chi connectivity index (χ0) is 19.6. The van der Waals surface area contributed by atoms with Crippen LogP contribution in [0.1, 0.15) is 5.82 Å². The third kappa shape index (κ3) is 4.17. The van der Waals surface area contributed by atoms with Gasteiger partial charge in [-0.2, -0.15) is 13.2 Å². The summed E-state index contributed by atoms with van der Waals surface area (Å²) >= 11 is 0. The number of aliphatic hydroxyl groups excluding tert-OH is 1. The van der Waals surface area contributed by atoms with Gasteiger partial charge in [-0.15, -0.1) is 0 Å². The van der Waals surface area contributed by atoms with Gasteiger partial charge in [0.15, 0.2) is 0 Å². The third-order valence-corrected chi connectivity index (χ3v) is 3.79. The van der Waals surface area contributed by atoms with E-state index in [2.05, 4.69) is 4.98 Å². The standard InChI is InChI=1S/C17H14F3N3O4/c18-17(19,20)16-21-14-3-1-2-4-15(14)22(16)9-12(24)10-27-13-7-5-11(6-8-13)23(25)26/h1-8,12,24H,9-10H2. The van der Waals surface area contributed by atoms with Crippen LogP contribution in [-0.2, 0) is 12.7 Å². The van der Waals surface area contributed by atoms with Crippen molar-refractivity contribution in [3.63, 3.8) is 0 Å². The van der Waals surface area contributed by atoms with Crippen LogP contribution < -0.4 is 4.74 Å². The number of benzene rings is 2. The van der Waals surface area contributed by atoms with Crippen molar-refractivity contribution in [2.45, 2.75) is 18.8 Å². The van der Waals surface area contributed by atoms with Crippen molar-refractivity contribution in [2.75, 3.05) is 6.61 Å². The SMILES string of the molecule is O=[N+]([O-])c1ccc(OCC(O)Cn2c(C(F)(F)F)nc3ccccc32)cc1. The van der Waals surface area contributed by atoms with E-state index in [1.807, 2.05) is 0 Å². The molecule has 1 heterocycles. The minimum Gasteiger partial charge on any atom is -0.491 e. The number of aromatic nitrogens is 2. The molecule has 7 nitrogen and oxygen atoms in total. The molecule has 1 aromatic heterocycles. The molecule has 0 bridgehead atoms. The summed E-state index contributed by atoms with van der Waals surface area (Å²) in [4.78, 5) is 13.6. The largest absolute Gasteiger partial charge is 0.491 e. The average molecular weight is 381 g/mol. The van der Waals surface area contributed by atoms with E-state index in [0.717, 1.165) is 4.57 Å². The molecule has 27 heavy (non-hydrogen) atoms. The van der Waals surface area contributed by atoms with Gasteiger partial charge < -0.3 is 14.4 Å². The highest BCUT2D eigenvalue weighted by molar-refractivity contribution is 5.76. The second-order valence-electron chi connectivity index (χ2n) is 5.75. The van der Waals surface area contributed by atoms with Crippen LogP contribution in [0, 0.1) is 10.1 Å². The Bertz CT molecular complexity index is 954. The van der Waals surface area contributed by atoms with Gasteiger partial charge in [0, 0.05) is 12.1 Å². The fraction of sp³-hybridized carbons (Fsp3) is 0.235. The quantitative estimate of drug-likeness (QED) is 0.522. The highest BCUT2D eigenvalue weighted by atomic mass is 19.4. The van der Waals surface area contributed by atoms with E-state index >= 15 is 0 Å². The van der Waals surface area contributed by atoms with E-state index in [9.17, 15) is 28.4 Å². The summed E-state index contributed by atoms with van der Waals surface area (Å²) in [6.45, 7) is -0.663. The maximum absolute atomic E-state index is 13.2. The van der Waals surface area contributed by atoms with Crippen LogP contribution in [0.25, 0.3) is 11.0 Å². The maximum atomic E-state index is 13.2. The zero-order valence-electron chi connectivity index (χ0n) is 13.8. The first-order chi connectivity index (χ1) is 12.8. The molecule has 0 radical (unpaired) electrons. The van der Waals surface area contributed by atoms with Gasteiger partial charge in [0.05, 0.1) is 22.5 Å². The first-order valence-electron chi connectivity index (χ1n) is 7.83. The predicted molar refractivity (Wildman–Crippen MR) is 89.3 cm³/mol. The van der Waals surface area contributed by atoms with Gasteiger partial charge in [-0.25, -0.2) is 4.98 Å². The lowest BCUT2D eigenvalue weighted by Crippen LogP contribution is -2.26. The van der Waals surface area contributed by atoms with E-state index < -0.39 is 23.0 Å². The van der Waals surface area contributed by atoms with Crippen LogP contribution in [0.4, 0.5) is 18.9 Å². The molecule has 0 spiro atoms. The molecule has 1 atom stereocenters. The summed E-state index contributed by atoms with van der Waals surface area (Å²) < 4.78 is 45.9. The molecule has 0 aliphatic rings. The number of imidazole rings is 1. The molecule has 0 saturated heterocycles. The number of ether oxygens (including phenoxy) is 1. The molecule has 10 heteroatoms. The highest BCUT2D eigenvalue weighted by Gasteiger charge is 2.37. The van der Waals surface area contributed by atoms with E-state index in [0.29, 0.717) is 0 Å². The van der Waals surface area contributed by atoms with Crippen LogP contribution in [-0.4, -0.2) is 32.3 Å². The van der Waals surface area contributed by atoms with Gasteiger partial charge >= 0.3 is 6.18 Å². The number of para-hydroxylation sites is 2. The van der Waals surface area contributed by atoms with E-state index in [1.165, 1.54) is 36.4 Å². The molecule has 1 unspecified atom stereocenters. The van der Waals surface area contributed by atoms with Gasteiger partial charge in [-0.05, 0) is 24.3 Å². The summed E-state index contributed by atoms with van der Waals surface area (Å²) in [5.74, 6) is -0.843. The Kier molecular flexibility index (Phi) is 5.00. The normalized spacial score (nSPS) is 12.9. The number of alkyl halides is 3. The van der Waals surface area contributed by atoms with Crippen LogP contribution in [0.2, 0.25) is 0 Å². The summed E-state index contributed by atoms with van der Waals surface area (Å²) in [5.41, 5.74) is 0.301. The summed E-state index contributed by atoms with van der Waals surface area (Å²) in [5, 5.41) is 20.7. The molecule has 0 amide bonds. The van der Waals surface area contributed by atoms with Gasteiger partial charge in [-0.1, -0.05) is 12.1 Å². The van der Waals surface area contributed by atoms with Crippen LogP contribution in [0.15, 0.2) is 48.5 Å². The topological polar surface area (TPSA) is 90.4 Å². The number of nitro groups is 1. The van der Waals surface area contributed by atoms with Crippen LogP contribution >= 0.6 is 0 Å². The summed E-state index contributed by atoms with van der Waals surface area (Å²) in [6, 6.07) is 11.3. The number of nitro benzene ring substituents is 1. The zero-order valence-corrected chi connectivity index (χ0v) is 13.8. The molecule has 1 N–H and O–H groups in total. The minimum absolute atomic E-state index is 0.123. The number of aliphatic hydroxyl groups is 1. The fourth-order valence-corrected chi connectivity index (χ4v) is 2.60. The van der Waals surface area contributed by atoms with E-state index in [1.54, 1.807) is 12.1 Å². The molecule has 0 aliphatic carbocycles. The van der Waals surface area contributed by atoms with Crippen molar-refractivity contribution < 1.29 is 27.9 Å². The average Bonchev–Trinajstić information content (AvgIpc) is 2.99. The number of rotatable bonds is 6. The Balaban J connectivity index is 1.74. The van der Waals surface area contributed by atoms with Crippen molar-refractivity contribution in [1.29, 1.82) is 0 Å². The van der Waals surface area contributed by atoms with E-state index in [-0.39, 0.29) is 35.6 Å². The summed E-state index contributed by atoms with van der Waals surface area (Å²) in [6.07, 6.45) is -5.92. The number of non-ortho nitro benzene ring substituents is 1. The molecule has 142 valence electrons. The van der Waals surface area contributed by atoms with Gasteiger partial charge in [0.2, 0.25) is 5.82 Å². The lowest BCUT2D eigenvalue weighted by Gasteiger charge is -2.16. The molecule has 0 fully saturated rings. The molecule has 0 saturated carbocycles. The molecule has 3 aromatic rings. The molecular weight excluding hydrogens is 367 g/mol. The highest BCUT2D eigenvalue weighted by Crippen LogP contribution is 2.31. The smallest absolute Gasteiger partial charge is 0.449 e. The number of fused-ring (bicyclic) bond motifs is 1. The van der Waals surface area contributed by atoms with Crippen molar-refractivity contribution in [1.82, 2.24) is 9.55 Å². The minimum atomic E-state index is -4.67. The fourth-order valence-electron chi connectivity index (χ4n) is 2.60. The Morgan fingerprint density at radius 2 is 1.85 bits per heavy atom. The molecule has 0 aliphatic heterocycles. The second-order valence-corrected chi connectivity index (χ2v) is 5.75. The summed E-state index contributed by atoms with van der Waals surface area (Å²) in [7, 11) is 0. The van der Waals surface area contributed by atoms with Crippen LogP contribution in [0.3, 0.4) is 0 Å². The molecule has 3 rings (SSSR count). The molecule has 2 aromatic carbocycles. The van der Waals surface area contributed by atoms with Crippen molar-refractivity contribution in [3.8, 4) is 5.75 Å². The predicted octanol–water partition coefficient (Wildman–Crippen LogP) is 3.40. The number of halogens is 3. The number of nitrogens with zero attached hydrogens (tertiary/aromatic N) is 3.